The normalized spacial score (nSPS) is 10.9. The van der Waals surface area contributed by atoms with Gasteiger partial charge >= 0.3 is 0 Å². The van der Waals surface area contributed by atoms with Crippen molar-refractivity contribution in [1.82, 2.24) is 14.9 Å². The maximum Gasteiger partial charge on any atom is 0.255 e. The molecule has 0 unspecified atom stereocenters. The van der Waals surface area contributed by atoms with Crippen molar-refractivity contribution in [2.75, 3.05) is 20.3 Å². The minimum Gasteiger partial charge on any atom is -0.496 e. The number of methoxy groups -OCH3 is 1. The molecule has 188 valence electrons. The first-order valence-electron chi connectivity index (χ1n) is 12.7. The highest BCUT2D eigenvalue weighted by Crippen LogP contribution is 2.20. The van der Waals surface area contributed by atoms with Gasteiger partial charge in [-0.15, -0.1) is 0 Å². The van der Waals surface area contributed by atoms with E-state index < -0.39 is 0 Å². The van der Waals surface area contributed by atoms with Gasteiger partial charge in [0.25, 0.3) is 5.91 Å². The molecule has 0 saturated carbocycles. The second kappa shape index (κ2) is 12.8. The Labute approximate surface area is 213 Å². The lowest BCUT2D eigenvalue weighted by molar-refractivity contribution is 0.0950. The molecule has 0 bridgehead atoms. The molecule has 4 rings (SSSR count). The molecule has 4 aromatic rings. The summed E-state index contributed by atoms with van der Waals surface area (Å²) in [4.78, 5) is 17.3. The van der Waals surface area contributed by atoms with Gasteiger partial charge in [0, 0.05) is 19.5 Å². The van der Waals surface area contributed by atoms with Crippen LogP contribution in [0.15, 0.2) is 72.8 Å². The molecule has 0 aliphatic rings. The monoisotopic (exact) mass is 485 g/mol. The van der Waals surface area contributed by atoms with Crippen LogP contribution in [0.25, 0.3) is 11.0 Å². The summed E-state index contributed by atoms with van der Waals surface area (Å²) in [5.41, 5.74) is 3.98. The lowest BCUT2D eigenvalue weighted by atomic mass is 10.1. The maximum absolute atomic E-state index is 12.4. The van der Waals surface area contributed by atoms with Gasteiger partial charge in [0.1, 0.15) is 17.3 Å². The van der Waals surface area contributed by atoms with Gasteiger partial charge in [-0.25, -0.2) is 4.98 Å². The Balaban J connectivity index is 1.25. The lowest BCUT2D eigenvalue weighted by Gasteiger charge is -2.11. The number of hydrogen-bond acceptors (Lipinski definition) is 4. The summed E-state index contributed by atoms with van der Waals surface area (Å²) in [6.45, 7) is 4.26. The summed E-state index contributed by atoms with van der Waals surface area (Å²) < 4.78 is 13.6. The predicted molar refractivity (Wildman–Crippen MR) is 144 cm³/mol. The Morgan fingerprint density at radius 1 is 0.944 bits per heavy atom. The molecular formula is C30H35N3O3. The van der Waals surface area contributed by atoms with Crippen molar-refractivity contribution in [3.8, 4) is 11.5 Å². The predicted octanol–water partition coefficient (Wildman–Crippen LogP) is 5.97. The van der Waals surface area contributed by atoms with Crippen LogP contribution < -0.4 is 14.8 Å². The van der Waals surface area contributed by atoms with Crippen molar-refractivity contribution in [3.63, 3.8) is 0 Å². The molecule has 0 aliphatic carbocycles. The Bertz CT molecular complexity index is 1280. The highest BCUT2D eigenvalue weighted by molar-refractivity contribution is 5.96. The van der Waals surface area contributed by atoms with Crippen molar-refractivity contribution in [2.45, 2.75) is 45.6 Å². The number of aromatic nitrogens is 2. The second-order valence-corrected chi connectivity index (χ2v) is 8.95. The van der Waals surface area contributed by atoms with Gasteiger partial charge in [0.05, 0.1) is 30.3 Å². The van der Waals surface area contributed by atoms with E-state index in [0.717, 1.165) is 55.7 Å². The molecule has 6 heteroatoms. The number of rotatable bonds is 13. The molecule has 1 N–H and O–H groups in total. The number of carbonyl (C=O) groups excluding carboxylic acids is 1. The topological polar surface area (TPSA) is 65.4 Å². The van der Waals surface area contributed by atoms with Crippen LogP contribution >= 0.6 is 0 Å². The highest BCUT2D eigenvalue weighted by Gasteiger charge is 2.12. The van der Waals surface area contributed by atoms with Crippen molar-refractivity contribution >= 4 is 16.9 Å². The van der Waals surface area contributed by atoms with E-state index in [4.69, 9.17) is 14.5 Å². The Morgan fingerprint density at radius 2 is 1.78 bits per heavy atom. The Hall–Kier alpha value is -3.80. The van der Waals surface area contributed by atoms with Gasteiger partial charge in [-0.05, 0) is 68.1 Å². The van der Waals surface area contributed by atoms with E-state index in [1.165, 1.54) is 11.1 Å². The van der Waals surface area contributed by atoms with Crippen molar-refractivity contribution in [2.24, 2.45) is 0 Å². The van der Waals surface area contributed by atoms with E-state index in [1.807, 2.05) is 30.3 Å². The first kappa shape index (κ1) is 25.3. The van der Waals surface area contributed by atoms with E-state index >= 15 is 0 Å². The zero-order valence-corrected chi connectivity index (χ0v) is 21.2. The van der Waals surface area contributed by atoms with Gasteiger partial charge in [-0.3, -0.25) is 4.79 Å². The summed E-state index contributed by atoms with van der Waals surface area (Å²) in [6.07, 6.45) is 4.79. The number of carbonyl (C=O) groups is 1. The Morgan fingerprint density at radius 3 is 2.64 bits per heavy atom. The molecule has 0 radical (unpaired) electrons. The minimum absolute atomic E-state index is 0.0953. The van der Waals surface area contributed by atoms with Crippen LogP contribution in [-0.4, -0.2) is 35.7 Å². The van der Waals surface area contributed by atoms with Crippen LogP contribution in [0.4, 0.5) is 0 Å². The zero-order chi connectivity index (χ0) is 25.2. The molecule has 0 aliphatic heterocycles. The third-order valence-electron chi connectivity index (χ3n) is 6.23. The number of nitrogens with zero attached hydrogens (tertiary/aromatic N) is 2. The van der Waals surface area contributed by atoms with Crippen LogP contribution in [0.3, 0.4) is 0 Å². The molecule has 1 amide bonds. The first-order valence-corrected chi connectivity index (χ1v) is 12.7. The summed E-state index contributed by atoms with van der Waals surface area (Å²) in [7, 11) is 1.58. The van der Waals surface area contributed by atoms with Crippen molar-refractivity contribution in [3.05, 3.63) is 89.7 Å². The molecule has 36 heavy (non-hydrogen) atoms. The third kappa shape index (κ3) is 6.66. The van der Waals surface area contributed by atoms with Gasteiger partial charge in [-0.2, -0.15) is 0 Å². The Kier molecular flexibility index (Phi) is 8.98. The van der Waals surface area contributed by atoms with Crippen molar-refractivity contribution in [1.29, 1.82) is 0 Å². The first-order chi connectivity index (χ1) is 17.7. The molecule has 0 fully saturated rings. The van der Waals surface area contributed by atoms with Gasteiger partial charge in [-0.1, -0.05) is 42.8 Å². The third-order valence-corrected chi connectivity index (χ3v) is 6.23. The molecule has 0 saturated heterocycles. The SMILES string of the molecule is COc1ccccc1C(=O)NCCCCCc1nc2ccccc2n1CCCOc1cccc(C)c1. The number of ether oxygens (including phenoxy) is 2. The summed E-state index contributed by atoms with van der Waals surface area (Å²) in [6, 6.07) is 23.8. The van der Waals surface area contributed by atoms with Gasteiger partial charge in [0.15, 0.2) is 0 Å². The number of imidazole rings is 1. The lowest BCUT2D eigenvalue weighted by Crippen LogP contribution is -2.24. The number of amides is 1. The smallest absolute Gasteiger partial charge is 0.255 e. The average molecular weight is 486 g/mol. The summed E-state index contributed by atoms with van der Waals surface area (Å²) in [5, 5.41) is 3.00. The van der Waals surface area contributed by atoms with Gasteiger partial charge < -0.3 is 19.4 Å². The number of unbranched alkanes of at least 4 members (excludes halogenated alkanes) is 2. The number of aryl methyl sites for hydroxylation is 3. The van der Waals surface area contributed by atoms with Crippen LogP contribution in [0, 0.1) is 6.92 Å². The number of hydrogen-bond donors (Lipinski definition) is 1. The molecule has 1 aromatic heterocycles. The van der Waals surface area contributed by atoms with E-state index in [0.29, 0.717) is 24.5 Å². The standard InChI is InChI=1S/C30H35N3O3/c1-23-12-10-13-24(22-23)36-21-11-20-33-27-16-7-6-15-26(27)32-29(33)18-4-3-9-19-31-30(34)25-14-5-8-17-28(25)35-2/h5-8,10,12-17,22H,3-4,9,11,18-21H2,1-2H3,(H,31,34). The second-order valence-electron chi connectivity index (χ2n) is 8.95. The van der Waals surface area contributed by atoms with E-state index in [9.17, 15) is 4.79 Å². The zero-order valence-electron chi connectivity index (χ0n) is 21.2. The molecule has 6 nitrogen and oxygen atoms in total. The molecule has 0 atom stereocenters. The van der Waals surface area contributed by atoms with Crippen LogP contribution in [0.1, 0.15) is 47.4 Å². The fourth-order valence-electron chi connectivity index (χ4n) is 4.40. The minimum atomic E-state index is -0.0953. The largest absolute Gasteiger partial charge is 0.496 e. The fraction of sp³-hybridized carbons (Fsp3) is 0.333. The quantitative estimate of drug-likeness (QED) is 0.237. The summed E-state index contributed by atoms with van der Waals surface area (Å²) >= 11 is 0. The van der Waals surface area contributed by atoms with E-state index in [1.54, 1.807) is 19.2 Å². The van der Waals surface area contributed by atoms with E-state index in [2.05, 4.69) is 47.1 Å². The summed E-state index contributed by atoms with van der Waals surface area (Å²) in [5.74, 6) is 2.54. The van der Waals surface area contributed by atoms with Gasteiger partial charge in [0.2, 0.25) is 0 Å². The van der Waals surface area contributed by atoms with Crippen LogP contribution in [0.5, 0.6) is 11.5 Å². The molecule has 3 aromatic carbocycles. The van der Waals surface area contributed by atoms with Crippen molar-refractivity contribution < 1.29 is 14.3 Å². The molecular weight excluding hydrogens is 450 g/mol. The number of benzene rings is 3. The number of para-hydroxylation sites is 3. The van der Waals surface area contributed by atoms with E-state index in [-0.39, 0.29) is 5.91 Å². The molecule has 0 spiro atoms. The molecule has 1 heterocycles. The number of fused-ring (bicyclic) bond motifs is 1. The fourth-order valence-corrected chi connectivity index (χ4v) is 4.40. The highest BCUT2D eigenvalue weighted by atomic mass is 16.5. The average Bonchev–Trinajstić information content (AvgIpc) is 3.25. The van der Waals surface area contributed by atoms with Crippen LogP contribution in [-0.2, 0) is 13.0 Å². The maximum atomic E-state index is 12.4. The number of nitrogens with one attached hydrogen (secondary N) is 1. The van der Waals surface area contributed by atoms with Crippen LogP contribution in [0.2, 0.25) is 0 Å².